The Labute approximate surface area is 165 Å². The second kappa shape index (κ2) is 9.06. The van der Waals surface area contributed by atoms with Crippen molar-refractivity contribution in [1.82, 2.24) is 4.57 Å². The number of methoxy groups -OCH3 is 1. The summed E-state index contributed by atoms with van der Waals surface area (Å²) in [5.74, 6) is 0.118. The molecule has 1 aromatic heterocycles. The highest BCUT2D eigenvalue weighted by molar-refractivity contribution is 5.99. The summed E-state index contributed by atoms with van der Waals surface area (Å²) in [5, 5.41) is 0. The Bertz CT molecular complexity index is 831. The Hall–Kier alpha value is -2.60. The van der Waals surface area contributed by atoms with Crippen molar-refractivity contribution in [3.8, 4) is 5.75 Å². The van der Waals surface area contributed by atoms with Crippen LogP contribution in [0.25, 0.3) is 0 Å². The summed E-state index contributed by atoms with van der Waals surface area (Å²) in [6.07, 6.45) is 2.45. The maximum Gasteiger partial charge on any atom is 0.310 e. The molecule has 6 heteroatoms. The zero-order valence-corrected chi connectivity index (χ0v) is 16.7. The fourth-order valence-electron chi connectivity index (χ4n) is 3.54. The number of hydrogen-bond donors (Lipinski definition) is 0. The van der Waals surface area contributed by atoms with E-state index in [-0.39, 0.29) is 24.9 Å². The van der Waals surface area contributed by atoms with E-state index in [1.54, 1.807) is 31.4 Å². The van der Waals surface area contributed by atoms with Crippen molar-refractivity contribution in [1.29, 1.82) is 0 Å². The van der Waals surface area contributed by atoms with Gasteiger partial charge in [-0.3, -0.25) is 9.59 Å². The molecule has 2 heterocycles. The van der Waals surface area contributed by atoms with Gasteiger partial charge in [0.1, 0.15) is 5.75 Å². The average molecular weight is 385 g/mol. The van der Waals surface area contributed by atoms with Gasteiger partial charge in [-0.05, 0) is 50.5 Å². The van der Waals surface area contributed by atoms with Crippen molar-refractivity contribution in [2.24, 2.45) is 0 Å². The number of carbonyl (C=O) groups excluding carboxylic acids is 2. The zero-order valence-electron chi connectivity index (χ0n) is 16.7. The lowest BCUT2D eigenvalue weighted by atomic mass is 10.1. The van der Waals surface area contributed by atoms with E-state index in [1.807, 2.05) is 19.9 Å². The Morgan fingerprint density at radius 2 is 1.96 bits per heavy atom. The summed E-state index contributed by atoms with van der Waals surface area (Å²) < 4.78 is 18.1. The highest BCUT2D eigenvalue weighted by Crippen LogP contribution is 2.21. The van der Waals surface area contributed by atoms with Gasteiger partial charge in [0.05, 0.1) is 19.6 Å². The summed E-state index contributed by atoms with van der Waals surface area (Å²) in [7, 11) is 1.59. The molecule has 1 aliphatic heterocycles. The van der Waals surface area contributed by atoms with E-state index < -0.39 is 5.97 Å². The normalized spacial score (nSPS) is 16.2. The quantitative estimate of drug-likeness (QED) is 0.515. The van der Waals surface area contributed by atoms with Gasteiger partial charge in [0.2, 0.25) is 5.78 Å². The number of ketones is 1. The van der Waals surface area contributed by atoms with Crippen LogP contribution in [0.3, 0.4) is 0 Å². The molecule has 0 amide bonds. The minimum absolute atomic E-state index is 0.120. The Morgan fingerprint density at radius 1 is 1.21 bits per heavy atom. The van der Waals surface area contributed by atoms with Crippen molar-refractivity contribution in [3.05, 3.63) is 52.8 Å². The second-order valence-corrected chi connectivity index (χ2v) is 7.14. The molecule has 28 heavy (non-hydrogen) atoms. The van der Waals surface area contributed by atoms with Crippen LogP contribution in [0.4, 0.5) is 0 Å². The van der Waals surface area contributed by atoms with Gasteiger partial charge >= 0.3 is 5.97 Å². The van der Waals surface area contributed by atoms with E-state index in [4.69, 9.17) is 14.2 Å². The molecule has 2 aromatic rings. The van der Waals surface area contributed by atoms with Crippen LogP contribution < -0.4 is 4.74 Å². The van der Waals surface area contributed by atoms with Crippen molar-refractivity contribution < 1.29 is 23.8 Å². The minimum atomic E-state index is -0.424. The number of hydrogen-bond acceptors (Lipinski definition) is 5. The van der Waals surface area contributed by atoms with Crippen LogP contribution in [0, 0.1) is 13.8 Å². The van der Waals surface area contributed by atoms with E-state index in [0.29, 0.717) is 5.56 Å². The van der Waals surface area contributed by atoms with Crippen molar-refractivity contribution in [2.45, 2.75) is 45.8 Å². The fourth-order valence-corrected chi connectivity index (χ4v) is 3.54. The van der Waals surface area contributed by atoms with Crippen molar-refractivity contribution >= 4 is 11.8 Å². The van der Waals surface area contributed by atoms with Crippen LogP contribution in [-0.2, 0) is 27.2 Å². The van der Waals surface area contributed by atoms with E-state index in [9.17, 15) is 9.59 Å². The number of nitrogens with zero attached hydrogens (tertiary/aromatic N) is 1. The molecule has 0 saturated carbocycles. The molecule has 1 aromatic carbocycles. The molecule has 1 atom stereocenters. The molecule has 1 aliphatic rings. The molecule has 1 fully saturated rings. The largest absolute Gasteiger partial charge is 0.497 e. The molecular formula is C22H27NO5. The zero-order chi connectivity index (χ0) is 20.1. The number of benzene rings is 1. The first kappa shape index (κ1) is 20.1. The first-order valence-electron chi connectivity index (χ1n) is 9.58. The lowest BCUT2D eigenvalue weighted by Gasteiger charge is -2.14. The molecule has 0 N–H and O–H groups in total. The van der Waals surface area contributed by atoms with Gasteiger partial charge in [-0.25, -0.2) is 0 Å². The summed E-state index contributed by atoms with van der Waals surface area (Å²) in [6, 6.07) is 9.05. The smallest absolute Gasteiger partial charge is 0.310 e. The van der Waals surface area contributed by atoms with Gasteiger partial charge in [-0.15, -0.1) is 0 Å². The second-order valence-electron chi connectivity index (χ2n) is 7.14. The fraction of sp³-hybridized carbons (Fsp3) is 0.455. The maximum absolute atomic E-state index is 12.6. The van der Waals surface area contributed by atoms with Gasteiger partial charge in [0.15, 0.2) is 6.61 Å². The molecular weight excluding hydrogens is 358 g/mol. The summed E-state index contributed by atoms with van der Waals surface area (Å²) in [6.45, 7) is 5.21. The van der Waals surface area contributed by atoms with Crippen LogP contribution in [0.1, 0.15) is 40.2 Å². The average Bonchev–Trinajstić information content (AvgIpc) is 3.30. The van der Waals surface area contributed by atoms with E-state index in [1.165, 1.54) is 0 Å². The van der Waals surface area contributed by atoms with Crippen LogP contribution in [0.2, 0.25) is 0 Å². The topological polar surface area (TPSA) is 66.8 Å². The van der Waals surface area contributed by atoms with Gasteiger partial charge in [-0.1, -0.05) is 12.1 Å². The monoisotopic (exact) mass is 385 g/mol. The number of esters is 1. The first-order valence-corrected chi connectivity index (χ1v) is 9.58. The number of aryl methyl sites for hydroxylation is 1. The van der Waals surface area contributed by atoms with Gasteiger partial charge in [0, 0.05) is 30.1 Å². The predicted octanol–water partition coefficient (Wildman–Crippen LogP) is 3.26. The maximum atomic E-state index is 12.6. The first-order chi connectivity index (χ1) is 13.5. The third-order valence-corrected chi connectivity index (χ3v) is 5.16. The van der Waals surface area contributed by atoms with Crippen molar-refractivity contribution in [3.63, 3.8) is 0 Å². The number of ether oxygens (including phenoxy) is 3. The Balaban J connectivity index is 1.55. The minimum Gasteiger partial charge on any atom is -0.497 e. The number of Topliss-reactive ketones (excluding diaryl/α,β-unsaturated/α-hetero) is 1. The number of carbonyl (C=O) groups is 2. The van der Waals surface area contributed by atoms with E-state index in [2.05, 4.69) is 4.57 Å². The van der Waals surface area contributed by atoms with E-state index in [0.717, 1.165) is 48.7 Å². The third-order valence-electron chi connectivity index (χ3n) is 5.16. The molecule has 3 rings (SSSR count). The third kappa shape index (κ3) is 4.81. The van der Waals surface area contributed by atoms with Gasteiger partial charge in [0.25, 0.3) is 0 Å². The van der Waals surface area contributed by atoms with Gasteiger partial charge in [-0.2, -0.15) is 0 Å². The van der Waals surface area contributed by atoms with Crippen LogP contribution in [0.15, 0.2) is 30.3 Å². The van der Waals surface area contributed by atoms with Crippen LogP contribution >= 0.6 is 0 Å². The number of rotatable bonds is 8. The van der Waals surface area contributed by atoms with Crippen molar-refractivity contribution in [2.75, 3.05) is 20.3 Å². The molecule has 0 radical (unpaired) electrons. The molecule has 0 unspecified atom stereocenters. The van der Waals surface area contributed by atoms with Crippen LogP contribution in [-0.4, -0.2) is 42.7 Å². The lowest BCUT2D eigenvalue weighted by molar-refractivity contribution is -0.141. The summed E-state index contributed by atoms with van der Waals surface area (Å²) in [4.78, 5) is 24.6. The van der Waals surface area contributed by atoms with E-state index >= 15 is 0 Å². The summed E-state index contributed by atoms with van der Waals surface area (Å²) in [5.41, 5.74) is 3.32. The lowest BCUT2D eigenvalue weighted by Crippen LogP contribution is -2.18. The highest BCUT2D eigenvalue weighted by Gasteiger charge is 2.21. The number of aromatic nitrogens is 1. The SMILES string of the molecule is COc1ccc(CC(=O)OCC(=O)c2cc(C)n(C[C@H]3CCCO3)c2C)cc1. The molecule has 150 valence electrons. The van der Waals surface area contributed by atoms with Gasteiger partial charge < -0.3 is 18.8 Å². The molecule has 0 bridgehead atoms. The molecule has 0 spiro atoms. The predicted molar refractivity (Wildman–Crippen MR) is 105 cm³/mol. The standard InChI is InChI=1S/C22H27NO5/c1-15-11-20(16(2)23(15)13-19-5-4-10-27-19)21(24)14-28-22(25)12-17-6-8-18(26-3)9-7-17/h6-9,11,19H,4-5,10,12-14H2,1-3H3/t19-/m1/s1. The molecule has 1 saturated heterocycles. The van der Waals surface area contributed by atoms with Crippen LogP contribution in [0.5, 0.6) is 5.75 Å². The Morgan fingerprint density at radius 3 is 2.61 bits per heavy atom. The molecule has 6 nitrogen and oxygen atoms in total. The highest BCUT2D eigenvalue weighted by atomic mass is 16.5. The Kier molecular flexibility index (Phi) is 6.52. The molecule has 0 aliphatic carbocycles. The summed E-state index contributed by atoms with van der Waals surface area (Å²) >= 11 is 0.